The average Bonchev–Trinajstić information content (AvgIpc) is 3.39. The third kappa shape index (κ3) is 4.52. The molecule has 4 nitrogen and oxygen atoms in total. The number of hydrogen-bond donors (Lipinski definition) is 0. The maximum Gasteiger partial charge on any atom is 0.416 e. The molecule has 2 amide bonds. The van der Waals surface area contributed by atoms with Gasteiger partial charge in [-0.3, -0.25) is 9.59 Å². The van der Waals surface area contributed by atoms with Gasteiger partial charge in [0.2, 0.25) is 11.8 Å². The summed E-state index contributed by atoms with van der Waals surface area (Å²) in [5.74, 6) is -0.123. The Kier molecular flexibility index (Phi) is 5.01. The summed E-state index contributed by atoms with van der Waals surface area (Å²) in [5.41, 5.74) is -0.0299. The number of alkyl halides is 3. The molecule has 0 spiro atoms. The molecule has 0 radical (unpaired) electrons. The van der Waals surface area contributed by atoms with E-state index in [1.54, 1.807) is 9.80 Å². The number of piperidine rings is 1. The highest BCUT2D eigenvalue weighted by Gasteiger charge is 2.34. The first kappa shape index (κ1) is 17.8. The molecule has 0 aromatic heterocycles. The van der Waals surface area contributed by atoms with Crippen LogP contribution in [0, 0.1) is 0 Å². The highest BCUT2D eigenvalue weighted by Crippen LogP contribution is 2.31. The Morgan fingerprint density at radius 2 is 1.84 bits per heavy atom. The molecule has 2 aliphatic rings. The van der Waals surface area contributed by atoms with Gasteiger partial charge in [0.15, 0.2) is 0 Å². The van der Waals surface area contributed by atoms with Gasteiger partial charge in [0, 0.05) is 25.6 Å². The topological polar surface area (TPSA) is 40.6 Å². The van der Waals surface area contributed by atoms with E-state index in [4.69, 9.17) is 0 Å². The molecular formula is C18H21F3N2O2. The fourth-order valence-electron chi connectivity index (χ4n) is 3.09. The van der Waals surface area contributed by atoms with Crippen molar-refractivity contribution in [2.75, 3.05) is 13.1 Å². The standard InChI is InChI=1S/C18H21F3N2O2/c19-18(20,21)14-6-4-13(5-7-14)11-23(15-8-9-15)17(25)12-22-10-2-1-3-16(22)24/h4-7,15H,1-3,8-12H2. The number of nitrogens with zero attached hydrogens (tertiary/aromatic N) is 2. The van der Waals surface area contributed by atoms with E-state index in [1.165, 1.54) is 12.1 Å². The molecule has 1 aromatic rings. The van der Waals surface area contributed by atoms with Crippen LogP contribution in [0.3, 0.4) is 0 Å². The van der Waals surface area contributed by atoms with Crippen molar-refractivity contribution in [2.45, 2.75) is 50.9 Å². The van der Waals surface area contributed by atoms with Crippen LogP contribution in [-0.4, -0.2) is 40.7 Å². The maximum atomic E-state index is 12.6. The van der Waals surface area contributed by atoms with Crippen molar-refractivity contribution in [3.8, 4) is 0 Å². The van der Waals surface area contributed by atoms with Crippen LogP contribution in [0.1, 0.15) is 43.2 Å². The van der Waals surface area contributed by atoms with Gasteiger partial charge in [-0.1, -0.05) is 12.1 Å². The van der Waals surface area contributed by atoms with Crippen molar-refractivity contribution in [1.29, 1.82) is 0 Å². The van der Waals surface area contributed by atoms with Crippen LogP contribution >= 0.6 is 0 Å². The van der Waals surface area contributed by atoms with Crippen molar-refractivity contribution in [3.05, 3.63) is 35.4 Å². The molecule has 0 N–H and O–H groups in total. The lowest BCUT2D eigenvalue weighted by Gasteiger charge is -2.30. The van der Waals surface area contributed by atoms with Crippen molar-refractivity contribution in [2.24, 2.45) is 0 Å². The van der Waals surface area contributed by atoms with Gasteiger partial charge < -0.3 is 9.80 Å². The number of rotatable bonds is 5. The molecule has 2 fully saturated rings. The number of carbonyl (C=O) groups is 2. The molecule has 0 unspecified atom stereocenters. The molecule has 1 heterocycles. The Morgan fingerprint density at radius 1 is 1.16 bits per heavy atom. The van der Waals surface area contributed by atoms with Crippen molar-refractivity contribution < 1.29 is 22.8 Å². The first-order valence-electron chi connectivity index (χ1n) is 8.58. The number of benzene rings is 1. The van der Waals surface area contributed by atoms with Gasteiger partial charge in [0.25, 0.3) is 0 Å². The summed E-state index contributed by atoms with van der Waals surface area (Å²) in [6.07, 6.45) is -0.307. The summed E-state index contributed by atoms with van der Waals surface area (Å²) in [6, 6.07) is 5.04. The van der Waals surface area contributed by atoms with Crippen LogP contribution in [0.25, 0.3) is 0 Å². The van der Waals surface area contributed by atoms with Gasteiger partial charge in [0.1, 0.15) is 0 Å². The first-order valence-corrected chi connectivity index (χ1v) is 8.58. The van der Waals surface area contributed by atoms with Gasteiger partial charge in [-0.2, -0.15) is 13.2 Å². The van der Waals surface area contributed by atoms with E-state index < -0.39 is 11.7 Å². The second-order valence-electron chi connectivity index (χ2n) is 6.72. The third-order valence-corrected chi connectivity index (χ3v) is 4.69. The predicted octanol–water partition coefficient (Wildman–Crippen LogP) is 3.21. The molecule has 1 aliphatic carbocycles. The highest BCUT2D eigenvalue weighted by atomic mass is 19.4. The monoisotopic (exact) mass is 354 g/mol. The second kappa shape index (κ2) is 7.06. The molecule has 1 saturated heterocycles. The van der Waals surface area contributed by atoms with Gasteiger partial charge in [0.05, 0.1) is 12.1 Å². The third-order valence-electron chi connectivity index (χ3n) is 4.69. The van der Waals surface area contributed by atoms with Crippen LogP contribution in [-0.2, 0) is 22.3 Å². The molecule has 0 bridgehead atoms. The Labute approximate surface area is 144 Å². The normalized spacial score (nSPS) is 18.4. The number of likely N-dealkylation sites (tertiary alicyclic amines) is 1. The van der Waals surface area contributed by atoms with E-state index in [-0.39, 0.29) is 30.9 Å². The summed E-state index contributed by atoms with van der Waals surface area (Å²) >= 11 is 0. The summed E-state index contributed by atoms with van der Waals surface area (Å²) in [5, 5.41) is 0. The molecule has 136 valence electrons. The van der Waals surface area contributed by atoms with E-state index in [0.29, 0.717) is 18.5 Å². The Hall–Kier alpha value is -2.05. The summed E-state index contributed by atoms with van der Waals surface area (Å²) < 4.78 is 37.9. The average molecular weight is 354 g/mol. The number of amides is 2. The number of hydrogen-bond acceptors (Lipinski definition) is 2. The lowest BCUT2D eigenvalue weighted by atomic mass is 10.1. The molecule has 3 rings (SSSR count). The van der Waals surface area contributed by atoms with Crippen molar-refractivity contribution in [1.82, 2.24) is 9.80 Å². The summed E-state index contributed by atoms with van der Waals surface area (Å²) in [7, 11) is 0. The molecule has 7 heteroatoms. The maximum absolute atomic E-state index is 12.6. The largest absolute Gasteiger partial charge is 0.416 e. The first-order chi connectivity index (χ1) is 11.8. The summed E-state index contributed by atoms with van der Waals surface area (Å²) in [6.45, 7) is 0.947. The Bertz CT molecular complexity index is 639. The van der Waals surface area contributed by atoms with Crippen LogP contribution < -0.4 is 0 Å². The zero-order chi connectivity index (χ0) is 18.0. The van der Waals surface area contributed by atoms with E-state index >= 15 is 0 Å². The fraction of sp³-hybridized carbons (Fsp3) is 0.556. The van der Waals surface area contributed by atoms with E-state index in [1.807, 2.05) is 0 Å². The molecule has 1 aromatic carbocycles. The van der Waals surface area contributed by atoms with Gasteiger partial charge in [-0.25, -0.2) is 0 Å². The molecule has 25 heavy (non-hydrogen) atoms. The highest BCUT2D eigenvalue weighted by molar-refractivity contribution is 5.85. The SMILES string of the molecule is O=C1CCCCN1CC(=O)N(Cc1ccc(C(F)(F)F)cc1)C1CC1. The van der Waals surface area contributed by atoms with Crippen molar-refractivity contribution >= 4 is 11.8 Å². The Balaban J connectivity index is 1.65. The van der Waals surface area contributed by atoms with E-state index in [0.717, 1.165) is 37.8 Å². The van der Waals surface area contributed by atoms with Gasteiger partial charge in [-0.15, -0.1) is 0 Å². The zero-order valence-electron chi connectivity index (χ0n) is 13.9. The number of carbonyl (C=O) groups excluding carboxylic acids is 2. The van der Waals surface area contributed by atoms with E-state index in [9.17, 15) is 22.8 Å². The lowest BCUT2D eigenvalue weighted by Crippen LogP contribution is -2.45. The van der Waals surface area contributed by atoms with Crippen LogP contribution in [0.4, 0.5) is 13.2 Å². The summed E-state index contributed by atoms with van der Waals surface area (Å²) in [4.78, 5) is 27.8. The fourth-order valence-corrected chi connectivity index (χ4v) is 3.09. The Morgan fingerprint density at radius 3 is 2.40 bits per heavy atom. The van der Waals surface area contributed by atoms with Crippen molar-refractivity contribution in [3.63, 3.8) is 0 Å². The quantitative estimate of drug-likeness (QED) is 0.815. The molecule has 0 atom stereocenters. The van der Waals surface area contributed by atoms with Crippen LogP contribution in [0.15, 0.2) is 24.3 Å². The minimum Gasteiger partial charge on any atom is -0.334 e. The van der Waals surface area contributed by atoms with Gasteiger partial charge in [-0.05, 0) is 43.4 Å². The minimum atomic E-state index is -4.36. The van der Waals surface area contributed by atoms with Gasteiger partial charge >= 0.3 is 6.18 Å². The second-order valence-corrected chi connectivity index (χ2v) is 6.72. The van der Waals surface area contributed by atoms with Crippen LogP contribution in [0.5, 0.6) is 0 Å². The molecule has 1 saturated carbocycles. The lowest BCUT2D eigenvalue weighted by molar-refractivity contribution is -0.142. The number of halogens is 3. The molecule has 1 aliphatic heterocycles. The molecular weight excluding hydrogens is 333 g/mol. The van der Waals surface area contributed by atoms with E-state index in [2.05, 4.69) is 0 Å². The zero-order valence-corrected chi connectivity index (χ0v) is 13.9. The van der Waals surface area contributed by atoms with Crippen LogP contribution in [0.2, 0.25) is 0 Å². The minimum absolute atomic E-state index is 0.00452. The smallest absolute Gasteiger partial charge is 0.334 e. The predicted molar refractivity (Wildman–Crippen MR) is 85.4 cm³/mol.